The summed E-state index contributed by atoms with van der Waals surface area (Å²) in [5, 5.41) is 17.0. The lowest BCUT2D eigenvalue weighted by atomic mass is 10.1. The number of carboxylic acids is 1. The van der Waals surface area contributed by atoms with Crippen LogP contribution < -0.4 is 10.5 Å². The predicted octanol–water partition coefficient (Wildman–Crippen LogP) is 0.611. The molecule has 0 atom stereocenters. The zero-order valence-electron chi connectivity index (χ0n) is 9.59. The van der Waals surface area contributed by atoms with Crippen molar-refractivity contribution in [3.05, 3.63) is 24.3 Å². The van der Waals surface area contributed by atoms with Crippen LogP contribution in [0.2, 0.25) is 0 Å². The molecule has 1 fully saturated rings. The number of rotatable bonds is 5. The number of carbonyl (C=O) groups is 1. The summed E-state index contributed by atoms with van der Waals surface area (Å²) in [6, 6.07) is 5.91. The van der Waals surface area contributed by atoms with Crippen molar-refractivity contribution in [1.29, 1.82) is 0 Å². The molecule has 18 heavy (non-hydrogen) atoms. The van der Waals surface area contributed by atoms with Gasteiger partial charge in [-0.1, -0.05) is 0 Å². The van der Waals surface area contributed by atoms with E-state index in [2.05, 4.69) is 5.32 Å². The van der Waals surface area contributed by atoms with Gasteiger partial charge in [-0.3, -0.25) is 4.79 Å². The van der Waals surface area contributed by atoms with Crippen LogP contribution in [-0.4, -0.2) is 26.0 Å². The Kier molecular flexibility index (Phi) is 3.04. The fourth-order valence-corrected chi connectivity index (χ4v) is 2.17. The van der Waals surface area contributed by atoms with Crippen LogP contribution in [0.4, 0.5) is 5.69 Å². The fraction of sp³-hybridized carbons (Fsp3) is 0.364. The molecule has 7 heteroatoms. The fourth-order valence-electron chi connectivity index (χ4n) is 1.65. The number of hydrogen-bond donors (Lipinski definition) is 3. The van der Waals surface area contributed by atoms with Crippen LogP contribution in [0.25, 0.3) is 0 Å². The summed E-state index contributed by atoms with van der Waals surface area (Å²) < 4.78 is 22.1. The highest BCUT2D eigenvalue weighted by Crippen LogP contribution is 2.45. The van der Waals surface area contributed by atoms with Gasteiger partial charge in [-0.05, 0) is 37.1 Å². The minimum Gasteiger partial charge on any atom is -0.481 e. The number of anilines is 1. The molecule has 1 aliphatic rings. The van der Waals surface area contributed by atoms with Gasteiger partial charge < -0.3 is 10.4 Å². The van der Waals surface area contributed by atoms with Crippen molar-refractivity contribution in [2.45, 2.75) is 17.7 Å². The van der Waals surface area contributed by atoms with Crippen molar-refractivity contribution in [2.24, 2.45) is 10.6 Å². The monoisotopic (exact) mass is 270 g/mol. The van der Waals surface area contributed by atoms with Crippen LogP contribution in [0.3, 0.4) is 0 Å². The van der Waals surface area contributed by atoms with E-state index in [1.165, 1.54) is 12.1 Å². The van der Waals surface area contributed by atoms with E-state index < -0.39 is 21.4 Å². The van der Waals surface area contributed by atoms with Crippen LogP contribution in [-0.2, 0) is 14.8 Å². The lowest BCUT2D eigenvalue weighted by Gasteiger charge is -2.12. The maximum atomic E-state index is 11.0. The van der Waals surface area contributed by atoms with E-state index in [-0.39, 0.29) is 4.90 Å². The molecule has 0 aliphatic heterocycles. The van der Waals surface area contributed by atoms with Gasteiger partial charge in [0.2, 0.25) is 10.0 Å². The van der Waals surface area contributed by atoms with Crippen LogP contribution in [0.1, 0.15) is 12.8 Å². The van der Waals surface area contributed by atoms with E-state index in [0.717, 1.165) is 0 Å². The third kappa shape index (κ3) is 2.62. The SMILES string of the molecule is NS(=O)(=O)c1ccc(NCC2(C(=O)O)CC2)cc1. The van der Waals surface area contributed by atoms with Crippen LogP contribution in [0, 0.1) is 5.41 Å². The van der Waals surface area contributed by atoms with E-state index in [1.54, 1.807) is 12.1 Å². The highest BCUT2D eigenvalue weighted by atomic mass is 32.2. The van der Waals surface area contributed by atoms with Crippen molar-refractivity contribution >= 4 is 21.7 Å². The maximum absolute atomic E-state index is 11.0. The first-order valence-corrected chi connectivity index (χ1v) is 6.98. The predicted molar refractivity (Wildman–Crippen MR) is 65.6 cm³/mol. The summed E-state index contributed by atoms with van der Waals surface area (Å²) in [6.07, 6.45) is 1.34. The summed E-state index contributed by atoms with van der Waals surface area (Å²) in [5.41, 5.74) is 0.0217. The lowest BCUT2D eigenvalue weighted by Crippen LogP contribution is -2.24. The molecule has 2 rings (SSSR count). The average Bonchev–Trinajstić information content (AvgIpc) is 3.07. The third-order valence-corrected chi connectivity index (χ3v) is 4.05. The van der Waals surface area contributed by atoms with Crippen molar-refractivity contribution in [2.75, 3.05) is 11.9 Å². The van der Waals surface area contributed by atoms with Crippen molar-refractivity contribution in [3.8, 4) is 0 Å². The second kappa shape index (κ2) is 4.25. The molecule has 0 saturated heterocycles. The first-order chi connectivity index (χ1) is 8.33. The highest BCUT2D eigenvalue weighted by Gasteiger charge is 2.49. The Morgan fingerprint density at radius 1 is 1.33 bits per heavy atom. The normalized spacial score (nSPS) is 17.2. The van der Waals surface area contributed by atoms with E-state index >= 15 is 0 Å². The van der Waals surface area contributed by atoms with E-state index in [9.17, 15) is 13.2 Å². The second-order valence-electron chi connectivity index (χ2n) is 4.51. The number of nitrogens with two attached hydrogens (primary N) is 1. The molecule has 0 unspecified atom stereocenters. The summed E-state index contributed by atoms with van der Waals surface area (Å²) in [4.78, 5) is 11.0. The number of carboxylic acid groups (broad SMARTS) is 1. The number of benzene rings is 1. The molecule has 1 aromatic rings. The minimum atomic E-state index is -3.69. The lowest BCUT2D eigenvalue weighted by molar-refractivity contribution is -0.142. The number of nitrogens with one attached hydrogen (secondary N) is 1. The van der Waals surface area contributed by atoms with Crippen LogP contribution >= 0.6 is 0 Å². The Balaban J connectivity index is 2.02. The van der Waals surface area contributed by atoms with Crippen molar-refractivity contribution in [3.63, 3.8) is 0 Å². The van der Waals surface area contributed by atoms with Crippen LogP contribution in [0.5, 0.6) is 0 Å². The molecular formula is C11H14N2O4S. The standard InChI is InChI=1S/C11H14N2O4S/c12-18(16,17)9-3-1-8(2-4-9)13-7-11(5-6-11)10(14)15/h1-4,13H,5-7H2,(H,14,15)(H2,12,16,17). The maximum Gasteiger partial charge on any atom is 0.311 e. The molecule has 98 valence electrons. The molecule has 0 bridgehead atoms. The first kappa shape index (κ1) is 12.8. The third-order valence-electron chi connectivity index (χ3n) is 3.12. The number of sulfonamides is 1. The molecule has 0 aromatic heterocycles. The van der Waals surface area contributed by atoms with E-state index in [1.807, 2.05) is 0 Å². The molecule has 1 aliphatic carbocycles. The molecule has 1 aromatic carbocycles. The average molecular weight is 270 g/mol. The number of aliphatic carboxylic acids is 1. The molecule has 0 amide bonds. The van der Waals surface area contributed by atoms with E-state index in [4.69, 9.17) is 10.2 Å². The van der Waals surface area contributed by atoms with Gasteiger partial charge in [0, 0.05) is 12.2 Å². The minimum absolute atomic E-state index is 0.0346. The molecule has 6 nitrogen and oxygen atoms in total. The Bertz CT molecular complexity index is 561. The first-order valence-electron chi connectivity index (χ1n) is 5.44. The van der Waals surface area contributed by atoms with Crippen molar-refractivity contribution in [1.82, 2.24) is 0 Å². The Labute approximate surface area is 105 Å². The molecular weight excluding hydrogens is 256 g/mol. The topological polar surface area (TPSA) is 109 Å². The quantitative estimate of drug-likeness (QED) is 0.726. The van der Waals surface area contributed by atoms with Gasteiger partial charge >= 0.3 is 5.97 Å². The van der Waals surface area contributed by atoms with Gasteiger partial charge in [-0.15, -0.1) is 0 Å². The Morgan fingerprint density at radius 3 is 2.28 bits per heavy atom. The summed E-state index contributed by atoms with van der Waals surface area (Å²) in [6.45, 7) is 0.344. The summed E-state index contributed by atoms with van der Waals surface area (Å²) >= 11 is 0. The van der Waals surface area contributed by atoms with Crippen LogP contribution in [0.15, 0.2) is 29.2 Å². The van der Waals surface area contributed by atoms with Gasteiger partial charge in [0.25, 0.3) is 0 Å². The highest BCUT2D eigenvalue weighted by molar-refractivity contribution is 7.89. The largest absolute Gasteiger partial charge is 0.481 e. The Morgan fingerprint density at radius 2 is 1.89 bits per heavy atom. The molecule has 0 spiro atoms. The summed E-state index contributed by atoms with van der Waals surface area (Å²) in [5.74, 6) is -0.795. The second-order valence-corrected chi connectivity index (χ2v) is 6.07. The number of hydrogen-bond acceptors (Lipinski definition) is 4. The smallest absolute Gasteiger partial charge is 0.311 e. The molecule has 0 heterocycles. The zero-order valence-corrected chi connectivity index (χ0v) is 10.4. The zero-order chi connectivity index (χ0) is 13.4. The van der Waals surface area contributed by atoms with Gasteiger partial charge in [-0.25, -0.2) is 13.6 Å². The molecule has 1 saturated carbocycles. The molecule has 0 radical (unpaired) electrons. The van der Waals surface area contributed by atoms with Gasteiger partial charge in [-0.2, -0.15) is 0 Å². The van der Waals surface area contributed by atoms with Gasteiger partial charge in [0.1, 0.15) is 0 Å². The van der Waals surface area contributed by atoms with Crippen molar-refractivity contribution < 1.29 is 18.3 Å². The van der Waals surface area contributed by atoms with E-state index in [0.29, 0.717) is 25.1 Å². The van der Waals surface area contributed by atoms with Gasteiger partial charge in [0.15, 0.2) is 0 Å². The molecule has 4 N–H and O–H groups in total. The van der Waals surface area contributed by atoms with Gasteiger partial charge in [0.05, 0.1) is 10.3 Å². The Hall–Kier alpha value is -1.60. The summed E-state index contributed by atoms with van der Waals surface area (Å²) in [7, 11) is -3.69. The number of primary sulfonamides is 1.